The first-order valence-corrected chi connectivity index (χ1v) is 11.0. The molecule has 0 aliphatic carbocycles. The van der Waals surface area contributed by atoms with Gasteiger partial charge < -0.3 is 26.7 Å². The van der Waals surface area contributed by atoms with Gasteiger partial charge in [0.2, 0.25) is 5.91 Å². The Bertz CT molecular complexity index is 1080. The molecule has 0 saturated carbocycles. The molecule has 4 rings (SSSR count). The second kappa shape index (κ2) is 10.1. The van der Waals surface area contributed by atoms with E-state index in [4.69, 9.17) is 11.5 Å². The monoisotopic (exact) mass is 480 g/mol. The number of carbonyl (C=O) groups is 3. The van der Waals surface area contributed by atoms with Gasteiger partial charge in [-0.3, -0.25) is 14.5 Å². The molecular formula is C19H17N6NaO4S2. The molecule has 160 valence electrons. The maximum absolute atomic E-state index is 12.7. The maximum atomic E-state index is 12.7. The number of amides is 2. The van der Waals surface area contributed by atoms with Gasteiger partial charge >= 0.3 is 29.6 Å². The summed E-state index contributed by atoms with van der Waals surface area (Å²) in [4.78, 5) is 46.4. The number of fused-ring (bicyclic) bond motifs is 1. The zero-order valence-electron chi connectivity index (χ0n) is 17.0. The van der Waals surface area contributed by atoms with Gasteiger partial charge in [-0.2, -0.15) is 0 Å². The first-order chi connectivity index (χ1) is 14.8. The molecule has 2 amide bonds. The van der Waals surface area contributed by atoms with Crippen molar-refractivity contribution in [1.82, 2.24) is 20.2 Å². The van der Waals surface area contributed by atoms with Crippen LogP contribution in [-0.4, -0.2) is 49.8 Å². The molecule has 5 N–H and O–H groups in total. The average molecular weight is 481 g/mol. The Morgan fingerprint density at radius 3 is 2.50 bits per heavy atom. The summed E-state index contributed by atoms with van der Waals surface area (Å²) in [6.07, 6.45) is 0.125. The normalized spacial score (nSPS) is 19.5. The van der Waals surface area contributed by atoms with Crippen molar-refractivity contribution < 1.29 is 49.0 Å². The van der Waals surface area contributed by atoms with Gasteiger partial charge in [0.25, 0.3) is 5.91 Å². The molecule has 2 atom stereocenters. The van der Waals surface area contributed by atoms with Gasteiger partial charge in [-0.15, -0.1) is 11.8 Å². The summed E-state index contributed by atoms with van der Waals surface area (Å²) in [7, 11) is 0. The van der Waals surface area contributed by atoms with Crippen LogP contribution in [0.2, 0.25) is 0 Å². The Morgan fingerprint density at radius 2 is 1.88 bits per heavy atom. The first-order valence-electron chi connectivity index (χ1n) is 9.14. The molecule has 2 aromatic rings. The Morgan fingerprint density at radius 1 is 1.22 bits per heavy atom. The third kappa shape index (κ3) is 5.04. The average Bonchev–Trinajstić information content (AvgIpc) is 2.71. The predicted molar refractivity (Wildman–Crippen MR) is 114 cm³/mol. The van der Waals surface area contributed by atoms with Crippen molar-refractivity contribution in [2.75, 3.05) is 17.2 Å². The zero-order valence-corrected chi connectivity index (χ0v) is 20.6. The number of carbonyl (C=O) groups excluding carboxylic acids is 3. The number of hydrogen-bond donors (Lipinski definition) is 3. The number of nitrogens with one attached hydrogen (secondary N) is 1. The van der Waals surface area contributed by atoms with Crippen LogP contribution in [-0.2, 0) is 20.8 Å². The van der Waals surface area contributed by atoms with Crippen LogP contribution < -0.4 is 51.4 Å². The van der Waals surface area contributed by atoms with E-state index in [9.17, 15) is 19.5 Å². The largest absolute Gasteiger partial charge is 1.00 e. The minimum absolute atomic E-state index is 0. The van der Waals surface area contributed by atoms with E-state index in [0.717, 1.165) is 22.2 Å². The summed E-state index contributed by atoms with van der Waals surface area (Å²) in [5, 5.41) is 14.2. The molecule has 2 aliphatic rings. The fraction of sp³-hybridized carbons (Fsp3) is 0.211. The molecule has 10 nitrogen and oxygen atoms in total. The summed E-state index contributed by atoms with van der Waals surface area (Å²) in [6.45, 7) is 0. The molecule has 0 spiro atoms. The van der Waals surface area contributed by atoms with Crippen molar-refractivity contribution in [1.29, 1.82) is 0 Å². The predicted octanol–water partition coefficient (Wildman–Crippen LogP) is -3.66. The van der Waals surface area contributed by atoms with E-state index in [1.807, 2.05) is 30.3 Å². The third-order valence-electron chi connectivity index (χ3n) is 4.61. The van der Waals surface area contributed by atoms with Gasteiger partial charge in [0.1, 0.15) is 23.1 Å². The number of nitrogens with two attached hydrogens (primary N) is 2. The van der Waals surface area contributed by atoms with Crippen LogP contribution >= 0.6 is 23.5 Å². The van der Waals surface area contributed by atoms with Crippen LogP contribution in [0.3, 0.4) is 0 Å². The van der Waals surface area contributed by atoms with E-state index >= 15 is 0 Å². The Labute approximate surface area is 213 Å². The van der Waals surface area contributed by atoms with Gasteiger partial charge in [0, 0.05) is 16.7 Å². The van der Waals surface area contributed by atoms with Crippen LogP contribution in [0.1, 0.15) is 5.56 Å². The molecule has 0 bridgehead atoms. The number of hydrogen-bond acceptors (Lipinski definition) is 10. The number of benzene rings is 1. The van der Waals surface area contributed by atoms with Crippen molar-refractivity contribution in [3.05, 3.63) is 52.6 Å². The molecule has 1 aromatic heterocycles. The van der Waals surface area contributed by atoms with Crippen molar-refractivity contribution in [2.45, 2.75) is 23.0 Å². The number of rotatable bonds is 6. The third-order valence-corrected chi connectivity index (χ3v) is 7.02. The molecule has 32 heavy (non-hydrogen) atoms. The number of thioether (sulfide) groups is 2. The molecule has 3 heterocycles. The van der Waals surface area contributed by atoms with Gasteiger partial charge in [0.15, 0.2) is 5.16 Å². The van der Waals surface area contributed by atoms with E-state index in [-0.39, 0.29) is 70.1 Å². The van der Waals surface area contributed by atoms with Gasteiger partial charge in [-0.1, -0.05) is 42.1 Å². The molecular weight excluding hydrogens is 463 g/mol. The van der Waals surface area contributed by atoms with Crippen molar-refractivity contribution >= 4 is 52.9 Å². The molecule has 1 aromatic carbocycles. The van der Waals surface area contributed by atoms with E-state index in [2.05, 4.69) is 15.3 Å². The Balaban J connectivity index is 0.00000289. The summed E-state index contributed by atoms with van der Waals surface area (Å²) < 4.78 is 0. The SMILES string of the molecule is Nc1cc(N)nc(SC2=C(C(=O)[O-])N3C(=O)C(NC(=O)Cc4ccccc4)[C@H]3SC2)n1.[Na+]. The van der Waals surface area contributed by atoms with Crippen LogP contribution in [0.5, 0.6) is 0 Å². The Kier molecular flexibility index (Phi) is 7.72. The standard InChI is InChI=1S/C19H18N6O4S2.Na/c20-11-7-12(21)23-19(22-11)31-10-8-30-17-14(16(27)25(17)15(10)18(28)29)24-13(26)6-9-4-2-1-3-5-9;/h1-5,7,14,17H,6,8H2,(H,24,26)(H,28,29)(H4,20,21,22,23);/q;+1/p-1/t14?,17-;/m1./s1. The Hall–Kier alpha value is -2.25. The molecule has 13 heteroatoms. The topological polar surface area (TPSA) is 167 Å². The van der Waals surface area contributed by atoms with Crippen LogP contribution in [0, 0.1) is 0 Å². The van der Waals surface area contributed by atoms with Gasteiger partial charge in [-0.25, -0.2) is 9.97 Å². The first kappa shape index (κ1) is 24.4. The van der Waals surface area contributed by atoms with E-state index in [1.165, 1.54) is 17.8 Å². The molecule has 0 radical (unpaired) electrons. The number of anilines is 2. The number of carboxylic acids is 1. The van der Waals surface area contributed by atoms with Crippen molar-refractivity contribution in [3.8, 4) is 0 Å². The quantitative estimate of drug-likeness (QED) is 0.213. The fourth-order valence-electron chi connectivity index (χ4n) is 3.28. The van der Waals surface area contributed by atoms with E-state index in [1.54, 1.807) is 0 Å². The molecule has 2 aliphatic heterocycles. The fourth-order valence-corrected chi connectivity index (χ4v) is 5.72. The van der Waals surface area contributed by atoms with Gasteiger partial charge in [0.05, 0.1) is 18.1 Å². The minimum atomic E-state index is -1.49. The second-order valence-electron chi connectivity index (χ2n) is 6.78. The summed E-state index contributed by atoms with van der Waals surface area (Å²) in [5.74, 6) is -1.75. The number of aromatic nitrogens is 2. The summed E-state index contributed by atoms with van der Waals surface area (Å²) >= 11 is 2.29. The smallest absolute Gasteiger partial charge is 0.543 e. The summed E-state index contributed by atoms with van der Waals surface area (Å²) in [6, 6.07) is 9.70. The zero-order chi connectivity index (χ0) is 22.1. The van der Waals surface area contributed by atoms with Crippen molar-refractivity contribution in [2.24, 2.45) is 0 Å². The molecule has 1 fully saturated rings. The van der Waals surface area contributed by atoms with Crippen LogP contribution in [0.25, 0.3) is 0 Å². The molecule has 1 unspecified atom stereocenters. The minimum Gasteiger partial charge on any atom is -0.543 e. The summed E-state index contributed by atoms with van der Waals surface area (Å²) in [5.41, 5.74) is 11.9. The number of nitrogens with zero attached hydrogens (tertiary/aromatic N) is 3. The number of aliphatic carboxylic acids is 1. The number of carboxylic acid groups (broad SMARTS) is 1. The van der Waals surface area contributed by atoms with Crippen LogP contribution in [0.4, 0.5) is 11.6 Å². The maximum Gasteiger partial charge on any atom is 1.00 e. The van der Waals surface area contributed by atoms with Gasteiger partial charge in [-0.05, 0) is 5.56 Å². The van der Waals surface area contributed by atoms with E-state index in [0.29, 0.717) is 4.91 Å². The number of nitrogen functional groups attached to an aromatic ring is 2. The molecule has 1 saturated heterocycles. The van der Waals surface area contributed by atoms with Crippen molar-refractivity contribution in [3.63, 3.8) is 0 Å². The number of β-lactam (4-membered cyclic amide) rings is 1. The van der Waals surface area contributed by atoms with Crippen LogP contribution in [0.15, 0.2) is 52.2 Å². The second-order valence-corrected chi connectivity index (χ2v) is 8.95. The van der Waals surface area contributed by atoms with E-state index < -0.39 is 23.3 Å².